The molecule has 1 N–H and O–H groups in total. The Bertz CT molecular complexity index is 361. The Hall–Kier alpha value is -1.63. The van der Waals surface area contributed by atoms with Crippen LogP contribution in [0.5, 0.6) is 0 Å². The van der Waals surface area contributed by atoms with Gasteiger partial charge in [-0.25, -0.2) is 9.97 Å². The molecule has 4 heteroatoms. The Morgan fingerprint density at radius 2 is 2.33 bits per heavy atom. The molecular weight excluding hydrogens is 188 g/mol. The third kappa shape index (κ3) is 2.91. The van der Waals surface area contributed by atoms with Gasteiger partial charge in [0.15, 0.2) is 5.69 Å². The third-order valence-corrected chi connectivity index (χ3v) is 2.54. The molecule has 0 aromatic carbocycles. The van der Waals surface area contributed by atoms with Crippen LogP contribution in [0.3, 0.4) is 0 Å². The van der Waals surface area contributed by atoms with Crippen molar-refractivity contribution in [1.82, 2.24) is 9.97 Å². The van der Waals surface area contributed by atoms with Gasteiger partial charge in [0.2, 0.25) is 0 Å². The van der Waals surface area contributed by atoms with Gasteiger partial charge in [-0.1, -0.05) is 12.8 Å². The quantitative estimate of drug-likeness (QED) is 0.810. The van der Waals surface area contributed by atoms with Gasteiger partial charge in [0.05, 0.1) is 12.4 Å². The summed E-state index contributed by atoms with van der Waals surface area (Å²) in [6.07, 6.45) is 7.03. The van der Waals surface area contributed by atoms with Crippen molar-refractivity contribution >= 4 is 5.82 Å². The van der Waals surface area contributed by atoms with Gasteiger partial charge in [-0.15, -0.1) is 0 Å². The van der Waals surface area contributed by atoms with Gasteiger partial charge in [0.25, 0.3) is 0 Å². The molecule has 4 nitrogen and oxygen atoms in total. The molecule has 1 saturated carbocycles. The fraction of sp³-hybridized carbons (Fsp3) is 0.545. The van der Waals surface area contributed by atoms with E-state index in [2.05, 4.69) is 22.2 Å². The van der Waals surface area contributed by atoms with Gasteiger partial charge >= 0.3 is 0 Å². The van der Waals surface area contributed by atoms with Gasteiger partial charge in [0.1, 0.15) is 11.9 Å². The van der Waals surface area contributed by atoms with Crippen LogP contribution >= 0.6 is 0 Å². The Kier molecular flexibility index (Phi) is 2.82. The maximum Gasteiger partial charge on any atom is 0.158 e. The van der Waals surface area contributed by atoms with Gasteiger partial charge in [-0.3, -0.25) is 0 Å². The lowest BCUT2D eigenvalue weighted by Gasteiger charge is -2.13. The van der Waals surface area contributed by atoms with E-state index in [1.807, 2.05) is 6.07 Å². The van der Waals surface area contributed by atoms with Crippen molar-refractivity contribution in [3.05, 3.63) is 18.1 Å². The lowest BCUT2D eigenvalue weighted by atomic mass is 10.1. The molecular formula is C11H14N4. The number of rotatable bonds is 4. The molecule has 1 unspecified atom stereocenters. The van der Waals surface area contributed by atoms with E-state index in [0.29, 0.717) is 11.7 Å². The van der Waals surface area contributed by atoms with E-state index in [-0.39, 0.29) is 0 Å². The highest BCUT2D eigenvalue weighted by Gasteiger charge is 2.23. The lowest BCUT2D eigenvalue weighted by molar-refractivity contribution is 0.639. The zero-order chi connectivity index (χ0) is 10.7. The number of hydrogen-bond donors (Lipinski definition) is 1. The Balaban J connectivity index is 1.89. The van der Waals surface area contributed by atoms with Crippen molar-refractivity contribution < 1.29 is 0 Å². The highest BCUT2D eigenvalue weighted by molar-refractivity contribution is 5.34. The van der Waals surface area contributed by atoms with Crippen LogP contribution in [-0.2, 0) is 0 Å². The standard InChI is InChI=1S/C11H14N4/c1-8(4-9-2-3-9)15-11-7-13-10(5-12)6-14-11/h6-9H,2-4H2,1H3,(H,14,15). The molecule has 0 saturated heterocycles. The van der Waals surface area contributed by atoms with Crippen LogP contribution in [0.25, 0.3) is 0 Å². The van der Waals surface area contributed by atoms with E-state index >= 15 is 0 Å². The number of hydrogen-bond acceptors (Lipinski definition) is 4. The Morgan fingerprint density at radius 3 is 2.87 bits per heavy atom. The summed E-state index contributed by atoms with van der Waals surface area (Å²) in [4.78, 5) is 8.08. The number of nitrogens with zero attached hydrogens (tertiary/aromatic N) is 3. The number of aromatic nitrogens is 2. The molecule has 0 radical (unpaired) electrons. The molecule has 1 atom stereocenters. The summed E-state index contributed by atoms with van der Waals surface area (Å²) < 4.78 is 0. The van der Waals surface area contributed by atoms with E-state index < -0.39 is 0 Å². The SMILES string of the molecule is CC(CC1CC1)Nc1cnc(C#N)cn1. The van der Waals surface area contributed by atoms with E-state index in [4.69, 9.17) is 5.26 Å². The molecule has 15 heavy (non-hydrogen) atoms. The normalized spacial score (nSPS) is 16.8. The van der Waals surface area contributed by atoms with Crippen LogP contribution in [0.4, 0.5) is 5.82 Å². The predicted molar refractivity (Wildman–Crippen MR) is 57.2 cm³/mol. The molecule has 0 spiro atoms. The monoisotopic (exact) mass is 202 g/mol. The molecule has 1 aliphatic carbocycles. The van der Waals surface area contributed by atoms with E-state index in [0.717, 1.165) is 11.7 Å². The highest BCUT2D eigenvalue weighted by Crippen LogP contribution is 2.33. The van der Waals surface area contributed by atoms with Crippen molar-refractivity contribution in [2.75, 3.05) is 5.32 Å². The van der Waals surface area contributed by atoms with Crippen LogP contribution in [0.2, 0.25) is 0 Å². The van der Waals surface area contributed by atoms with Crippen molar-refractivity contribution in [3.8, 4) is 6.07 Å². The molecule has 1 aliphatic rings. The molecule has 78 valence electrons. The smallest absolute Gasteiger partial charge is 0.158 e. The van der Waals surface area contributed by atoms with Gasteiger partial charge in [0, 0.05) is 6.04 Å². The third-order valence-electron chi connectivity index (χ3n) is 2.54. The average Bonchev–Trinajstić information content (AvgIpc) is 3.03. The summed E-state index contributed by atoms with van der Waals surface area (Å²) in [6, 6.07) is 2.38. The van der Waals surface area contributed by atoms with Crippen LogP contribution in [0.15, 0.2) is 12.4 Å². The molecule has 1 heterocycles. The maximum atomic E-state index is 8.56. The highest BCUT2D eigenvalue weighted by atomic mass is 15.0. The number of anilines is 1. The minimum Gasteiger partial charge on any atom is -0.366 e. The summed E-state index contributed by atoms with van der Waals surface area (Å²) in [7, 11) is 0. The topological polar surface area (TPSA) is 61.6 Å². The summed E-state index contributed by atoms with van der Waals surface area (Å²) in [5.74, 6) is 1.65. The first-order chi connectivity index (χ1) is 7.28. The molecule has 2 rings (SSSR count). The van der Waals surface area contributed by atoms with Crippen LogP contribution in [0.1, 0.15) is 31.9 Å². The van der Waals surface area contributed by atoms with Gasteiger partial charge in [-0.2, -0.15) is 5.26 Å². The molecule has 0 aliphatic heterocycles. The van der Waals surface area contributed by atoms with Gasteiger partial charge in [-0.05, 0) is 19.3 Å². The van der Waals surface area contributed by atoms with Gasteiger partial charge < -0.3 is 5.32 Å². The fourth-order valence-electron chi connectivity index (χ4n) is 1.63. The largest absolute Gasteiger partial charge is 0.366 e. The van der Waals surface area contributed by atoms with Crippen molar-refractivity contribution in [2.24, 2.45) is 5.92 Å². The summed E-state index contributed by atoms with van der Waals surface area (Å²) >= 11 is 0. The second-order valence-corrected chi connectivity index (χ2v) is 4.12. The van der Waals surface area contributed by atoms with Crippen molar-refractivity contribution in [2.45, 2.75) is 32.2 Å². The zero-order valence-electron chi connectivity index (χ0n) is 8.77. The Labute approximate surface area is 89.4 Å². The van der Waals surface area contributed by atoms with E-state index in [9.17, 15) is 0 Å². The number of nitrogens with one attached hydrogen (secondary N) is 1. The second kappa shape index (κ2) is 4.26. The zero-order valence-corrected chi connectivity index (χ0v) is 8.77. The summed E-state index contributed by atoms with van der Waals surface area (Å²) in [6.45, 7) is 2.15. The van der Waals surface area contributed by atoms with E-state index in [1.165, 1.54) is 25.5 Å². The Morgan fingerprint density at radius 1 is 1.53 bits per heavy atom. The first-order valence-corrected chi connectivity index (χ1v) is 5.26. The molecule has 0 amide bonds. The lowest BCUT2D eigenvalue weighted by Crippen LogP contribution is -2.16. The minimum absolute atomic E-state index is 0.357. The van der Waals surface area contributed by atoms with Crippen molar-refractivity contribution in [3.63, 3.8) is 0 Å². The van der Waals surface area contributed by atoms with Crippen LogP contribution < -0.4 is 5.32 Å². The average molecular weight is 202 g/mol. The molecule has 0 bridgehead atoms. The molecule has 1 aromatic rings. The number of nitriles is 1. The van der Waals surface area contributed by atoms with E-state index in [1.54, 1.807) is 6.20 Å². The fourth-order valence-corrected chi connectivity index (χ4v) is 1.63. The maximum absolute atomic E-state index is 8.56. The first kappa shape index (κ1) is 9.91. The predicted octanol–water partition coefficient (Wildman–Crippen LogP) is 1.95. The molecule has 1 fully saturated rings. The molecule has 1 aromatic heterocycles. The summed E-state index contributed by atoms with van der Waals surface area (Å²) in [5, 5.41) is 11.8. The van der Waals surface area contributed by atoms with Crippen molar-refractivity contribution in [1.29, 1.82) is 5.26 Å². The first-order valence-electron chi connectivity index (χ1n) is 5.26. The minimum atomic E-state index is 0.357. The van der Waals surface area contributed by atoms with Crippen LogP contribution in [-0.4, -0.2) is 16.0 Å². The summed E-state index contributed by atoms with van der Waals surface area (Å²) in [5.41, 5.74) is 0.357. The van der Waals surface area contributed by atoms with Crippen LogP contribution in [0, 0.1) is 17.2 Å². The second-order valence-electron chi connectivity index (χ2n) is 4.12.